The third-order valence-corrected chi connectivity index (χ3v) is 3.09. The molecule has 90 valence electrons. The van der Waals surface area contributed by atoms with Crippen LogP contribution in [0.1, 0.15) is 22.2 Å². The lowest BCUT2D eigenvalue weighted by Crippen LogP contribution is -2.28. The van der Waals surface area contributed by atoms with Crippen molar-refractivity contribution in [1.29, 1.82) is 0 Å². The van der Waals surface area contributed by atoms with Crippen molar-refractivity contribution in [2.75, 3.05) is 13.7 Å². The van der Waals surface area contributed by atoms with Crippen LogP contribution in [0, 0.1) is 0 Å². The first kappa shape index (κ1) is 11.9. The molecule has 0 aliphatic rings. The van der Waals surface area contributed by atoms with Gasteiger partial charge in [0.2, 0.25) is 0 Å². The number of carbonyl (C=O) groups excluding carboxylic acids is 1. The third-order valence-electron chi connectivity index (χ3n) is 2.39. The standard InChI is InChI=1S/C12H13NO3S/c1-15-11(9-4-6-17-8-9)7-13-12(14)10-3-2-5-16-10/h2-6,8,11H,7H2,1H3,(H,13,14). The van der Waals surface area contributed by atoms with Gasteiger partial charge in [-0.2, -0.15) is 11.3 Å². The Morgan fingerprint density at radius 3 is 3.06 bits per heavy atom. The number of nitrogens with one attached hydrogen (secondary N) is 1. The minimum absolute atomic E-state index is 0.125. The molecule has 1 atom stereocenters. The highest BCUT2D eigenvalue weighted by atomic mass is 32.1. The monoisotopic (exact) mass is 251 g/mol. The van der Waals surface area contributed by atoms with E-state index in [0.717, 1.165) is 5.56 Å². The van der Waals surface area contributed by atoms with Gasteiger partial charge < -0.3 is 14.5 Å². The predicted molar refractivity (Wildman–Crippen MR) is 65.1 cm³/mol. The van der Waals surface area contributed by atoms with Gasteiger partial charge in [-0.1, -0.05) is 0 Å². The number of thiophene rings is 1. The van der Waals surface area contributed by atoms with Crippen LogP contribution in [0.5, 0.6) is 0 Å². The molecule has 0 saturated carbocycles. The van der Waals surface area contributed by atoms with Gasteiger partial charge in [0.05, 0.1) is 6.26 Å². The topological polar surface area (TPSA) is 51.5 Å². The molecule has 0 radical (unpaired) electrons. The van der Waals surface area contributed by atoms with Crippen molar-refractivity contribution in [3.63, 3.8) is 0 Å². The van der Waals surface area contributed by atoms with Crippen LogP contribution in [0.15, 0.2) is 39.6 Å². The highest BCUT2D eigenvalue weighted by Crippen LogP contribution is 2.18. The van der Waals surface area contributed by atoms with Crippen LogP contribution in [0.25, 0.3) is 0 Å². The second-order valence-corrected chi connectivity index (χ2v) is 4.25. The number of hydrogen-bond donors (Lipinski definition) is 1. The molecule has 0 aliphatic carbocycles. The van der Waals surface area contributed by atoms with Crippen LogP contribution in [-0.4, -0.2) is 19.6 Å². The van der Waals surface area contributed by atoms with Crippen LogP contribution in [-0.2, 0) is 4.74 Å². The van der Waals surface area contributed by atoms with Gasteiger partial charge in [0, 0.05) is 13.7 Å². The van der Waals surface area contributed by atoms with Crippen LogP contribution in [0.3, 0.4) is 0 Å². The Kier molecular flexibility index (Phi) is 3.95. The predicted octanol–water partition coefficient (Wildman–Crippen LogP) is 2.46. The zero-order chi connectivity index (χ0) is 12.1. The zero-order valence-corrected chi connectivity index (χ0v) is 10.2. The van der Waals surface area contributed by atoms with Gasteiger partial charge in [-0.15, -0.1) is 0 Å². The summed E-state index contributed by atoms with van der Waals surface area (Å²) in [5.41, 5.74) is 1.07. The maximum Gasteiger partial charge on any atom is 0.287 e. The van der Waals surface area contributed by atoms with E-state index in [4.69, 9.17) is 9.15 Å². The SMILES string of the molecule is COC(CNC(=O)c1ccco1)c1ccsc1. The average Bonchev–Trinajstić information content (AvgIpc) is 3.02. The Morgan fingerprint density at radius 2 is 2.47 bits per heavy atom. The minimum atomic E-state index is -0.229. The van der Waals surface area contributed by atoms with Crippen molar-refractivity contribution in [1.82, 2.24) is 5.32 Å². The molecule has 1 unspecified atom stereocenters. The van der Waals surface area contributed by atoms with Crippen molar-refractivity contribution in [2.24, 2.45) is 0 Å². The van der Waals surface area contributed by atoms with Crippen LogP contribution in [0.2, 0.25) is 0 Å². The molecule has 2 heterocycles. The first-order valence-corrected chi connectivity index (χ1v) is 6.12. The molecule has 2 rings (SSSR count). The van der Waals surface area contributed by atoms with Gasteiger partial charge >= 0.3 is 0 Å². The average molecular weight is 251 g/mol. The summed E-state index contributed by atoms with van der Waals surface area (Å²) < 4.78 is 10.3. The Morgan fingerprint density at radius 1 is 1.59 bits per heavy atom. The van der Waals surface area contributed by atoms with Gasteiger partial charge in [-0.05, 0) is 34.5 Å². The Hall–Kier alpha value is -1.59. The van der Waals surface area contributed by atoms with Crippen molar-refractivity contribution < 1.29 is 13.9 Å². The number of amides is 1. The van der Waals surface area contributed by atoms with Gasteiger partial charge in [-0.25, -0.2) is 0 Å². The number of furan rings is 1. The van der Waals surface area contributed by atoms with Crippen LogP contribution in [0.4, 0.5) is 0 Å². The van der Waals surface area contributed by atoms with Crippen LogP contribution < -0.4 is 5.32 Å². The highest BCUT2D eigenvalue weighted by Gasteiger charge is 2.14. The first-order valence-electron chi connectivity index (χ1n) is 5.18. The summed E-state index contributed by atoms with van der Waals surface area (Å²) >= 11 is 1.60. The van der Waals surface area contributed by atoms with Crippen molar-refractivity contribution >= 4 is 17.2 Å². The molecule has 0 fully saturated rings. The molecule has 1 N–H and O–H groups in total. The molecule has 0 saturated heterocycles. The summed E-state index contributed by atoms with van der Waals surface area (Å²) in [7, 11) is 1.63. The minimum Gasteiger partial charge on any atom is -0.459 e. The van der Waals surface area contributed by atoms with Crippen molar-refractivity contribution in [3.8, 4) is 0 Å². The molecule has 2 aromatic heterocycles. The maximum atomic E-state index is 11.6. The van der Waals surface area contributed by atoms with E-state index >= 15 is 0 Å². The van der Waals surface area contributed by atoms with E-state index in [9.17, 15) is 4.79 Å². The summed E-state index contributed by atoms with van der Waals surface area (Å²) in [5, 5.41) is 6.76. The first-order chi connectivity index (χ1) is 8.31. The van der Waals surface area contributed by atoms with E-state index in [2.05, 4.69) is 5.32 Å². The van der Waals surface area contributed by atoms with Gasteiger partial charge in [-0.3, -0.25) is 4.79 Å². The second kappa shape index (κ2) is 5.65. The van der Waals surface area contributed by atoms with Crippen molar-refractivity contribution in [2.45, 2.75) is 6.10 Å². The van der Waals surface area contributed by atoms with E-state index < -0.39 is 0 Å². The summed E-state index contributed by atoms with van der Waals surface area (Å²) in [6, 6.07) is 5.29. The van der Waals surface area contributed by atoms with Crippen LogP contribution >= 0.6 is 11.3 Å². The molecule has 0 bridgehead atoms. The molecule has 4 nitrogen and oxygen atoms in total. The Labute approximate surface area is 103 Å². The fourth-order valence-electron chi connectivity index (χ4n) is 1.48. The Bertz CT molecular complexity index is 450. The number of ether oxygens (including phenoxy) is 1. The summed E-state index contributed by atoms with van der Waals surface area (Å²) in [6.07, 6.45) is 1.35. The van der Waals surface area contributed by atoms with Gasteiger partial charge in [0.15, 0.2) is 5.76 Å². The fraction of sp³-hybridized carbons (Fsp3) is 0.250. The molecule has 1 amide bonds. The quantitative estimate of drug-likeness (QED) is 0.888. The third kappa shape index (κ3) is 2.95. The number of rotatable bonds is 5. The van der Waals surface area contributed by atoms with E-state index in [-0.39, 0.29) is 12.0 Å². The number of methoxy groups -OCH3 is 1. The largest absolute Gasteiger partial charge is 0.459 e. The highest BCUT2D eigenvalue weighted by molar-refractivity contribution is 7.07. The summed E-state index contributed by atoms with van der Waals surface area (Å²) in [5.74, 6) is 0.0810. The smallest absolute Gasteiger partial charge is 0.287 e. The molecular formula is C12H13NO3S. The summed E-state index contributed by atoms with van der Waals surface area (Å²) in [4.78, 5) is 11.6. The van der Waals surface area contributed by atoms with Gasteiger partial charge in [0.1, 0.15) is 6.10 Å². The lowest BCUT2D eigenvalue weighted by atomic mass is 10.2. The van der Waals surface area contributed by atoms with E-state index in [1.165, 1.54) is 6.26 Å². The molecule has 5 heteroatoms. The molecule has 17 heavy (non-hydrogen) atoms. The number of carbonyl (C=O) groups is 1. The number of hydrogen-bond acceptors (Lipinski definition) is 4. The normalized spacial score (nSPS) is 12.3. The molecule has 2 aromatic rings. The second-order valence-electron chi connectivity index (χ2n) is 3.47. The summed E-state index contributed by atoms with van der Waals surface area (Å²) in [6.45, 7) is 0.423. The Balaban J connectivity index is 1.91. The van der Waals surface area contributed by atoms with E-state index in [0.29, 0.717) is 12.3 Å². The van der Waals surface area contributed by atoms with E-state index in [1.54, 1.807) is 30.6 Å². The lowest BCUT2D eigenvalue weighted by Gasteiger charge is -2.14. The fourth-order valence-corrected chi connectivity index (χ4v) is 2.18. The molecule has 0 aliphatic heterocycles. The maximum absolute atomic E-state index is 11.6. The van der Waals surface area contributed by atoms with E-state index in [1.807, 2.05) is 16.8 Å². The molecular weight excluding hydrogens is 238 g/mol. The molecule has 0 aromatic carbocycles. The molecule has 0 spiro atoms. The van der Waals surface area contributed by atoms with Crippen molar-refractivity contribution in [3.05, 3.63) is 46.5 Å². The lowest BCUT2D eigenvalue weighted by molar-refractivity contribution is 0.0808. The zero-order valence-electron chi connectivity index (χ0n) is 9.38. The van der Waals surface area contributed by atoms with Gasteiger partial charge in [0.25, 0.3) is 5.91 Å².